The van der Waals surface area contributed by atoms with Crippen molar-refractivity contribution in [1.29, 1.82) is 0 Å². The summed E-state index contributed by atoms with van der Waals surface area (Å²) in [7, 11) is 0.0188. The van der Waals surface area contributed by atoms with Crippen molar-refractivity contribution in [3.8, 4) is 0 Å². The van der Waals surface area contributed by atoms with Crippen molar-refractivity contribution in [2.75, 3.05) is 26.4 Å². The molecule has 6 heteroatoms. The maximum absolute atomic E-state index is 11.5. The second kappa shape index (κ2) is 5.77. The summed E-state index contributed by atoms with van der Waals surface area (Å²) in [6.45, 7) is 2.51. The summed E-state index contributed by atoms with van der Waals surface area (Å²) in [5, 5.41) is 5.22. The molecule has 0 bridgehead atoms. The van der Waals surface area contributed by atoms with E-state index in [-0.39, 0.29) is 11.8 Å². The third kappa shape index (κ3) is 3.86. The summed E-state index contributed by atoms with van der Waals surface area (Å²) in [5.74, 6) is 0.135. The highest BCUT2D eigenvalue weighted by Gasteiger charge is 2.13. The molecule has 1 atom stereocenters. The fourth-order valence-electron chi connectivity index (χ4n) is 1.23. The molecule has 0 saturated heterocycles. The molecule has 1 aromatic heterocycles. The van der Waals surface area contributed by atoms with Gasteiger partial charge in [0.25, 0.3) is 0 Å². The molecule has 0 saturated carbocycles. The molecule has 1 rings (SSSR count). The van der Waals surface area contributed by atoms with E-state index in [1.165, 1.54) is 9.18 Å². The Morgan fingerprint density at radius 2 is 2.19 bits per heavy atom. The van der Waals surface area contributed by atoms with Crippen molar-refractivity contribution in [1.82, 2.24) is 9.62 Å². The zero-order valence-electron chi connectivity index (χ0n) is 9.80. The Bertz CT molecular complexity index is 398. The van der Waals surface area contributed by atoms with Crippen LogP contribution < -0.4 is 5.32 Å². The highest BCUT2D eigenvalue weighted by atomic mass is 32.2. The summed E-state index contributed by atoms with van der Waals surface area (Å²) >= 11 is 1.67. The fourth-order valence-corrected chi connectivity index (χ4v) is 2.73. The van der Waals surface area contributed by atoms with Gasteiger partial charge in [-0.3, -0.25) is 0 Å². The van der Waals surface area contributed by atoms with Crippen LogP contribution in [0.3, 0.4) is 0 Å². The van der Waals surface area contributed by atoms with Gasteiger partial charge < -0.3 is 5.32 Å². The topological polar surface area (TPSA) is 49.4 Å². The minimum atomic E-state index is -3.09. The average molecular weight is 262 g/mol. The minimum Gasteiger partial charge on any atom is -0.308 e. The second-order valence-corrected chi connectivity index (χ2v) is 7.07. The van der Waals surface area contributed by atoms with Gasteiger partial charge in [0.05, 0.1) is 5.75 Å². The molecule has 0 fully saturated rings. The number of hydrogen-bond donors (Lipinski definition) is 1. The second-order valence-electron chi connectivity index (χ2n) is 3.79. The summed E-state index contributed by atoms with van der Waals surface area (Å²) in [6, 6.07) is 4.25. The SMILES string of the molecule is CC(NCCS(=O)(=O)N(C)C)c1cccs1. The molecule has 1 aromatic rings. The fraction of sp³-hybridized carbons (Fsp3) is 0.600. The molecule has 4 nitrogen and oxygen atoms in total. The van der Waals surface area contributed by atoms with E-state index in [2.05, 4.69) is 5.32 Å². The Labute approximate surface area is 101 Å². The molecule has 0 aliphatic rings. The standard InChI is InChI=1S/C10H18N2O2S2/c1-9(10-5-4-7-15-10)11-6-8-16(13,14)12(2)3/h4-5,7,9,11H,6,8H2,1-3H3. The zero-order valence-corrected chi connectivity index (χ0v) is 11.4. The largest absolute Gasteiger partial charge is 0.308 e. The van der Waals surface area contributed by atoms with Crippen molar-refractivity contribution in [2.24, 2.45) is 0 Å². The molecule has 0 aromatic carbocycles. The number of hydrogen-bond acceptors (Lipinski definition) is 4. The first-order valence-electron chi connectivity index (χ1n) is 5.10. The predicted molar refractivity (Wildman–Crippen MR) is 68.2 cm³/mol. The molecular weight excluding hydrogens is 244 g/mol. The van der Waals surface area contributed by atoms with Gasteiger partial charge in [0.15, 0.2) is 0 Å². The number of nitrogens with one attached hydrogen (secondary N) is 1. The molecule has 0 aliphatic carbocycles. The lowest BCUT2D eigenvalue weighted by molar-refractivity contribution is 0.513. The highest BCUT2D eigenvalue weighted by Crippen LogP contribution is 2.17. The molecule has 1 unspecified atom stereocenters. The van der Waals surface area contributed by atoms with Crippen LogP contribution in [0.15, 0.2) is 17.5 Å². The van der Waals surface area contributed by atoms with Gasteiger partial charge in [-0.1, -0.05) is 6.07 Å². The Morgan fingerprint density at radius 3 is 2.69 bits per heavy atom. The first-order valence-corrected chi connectivity index (χ1v) is 7.59. The van der Waals surface area contributed by atoms with Crippen LogP contribution in [0.2, 0.25) is 0 Å². The molecule has 0 spiro atoms. The van der Waals surface area contributed by atoms with Crippen molar-refractivity contribution in [3.05, 3.63) is 22.4 Å². The van der Waals surface area contributed by atoms with Gasteiger partial charge in [-0.2, -0.15) is 0 Å². The van der Waals surface area contributed by atoms with Gasteiger partial charge in [-0.25, -0.2) is 12.7 Å². The van der Waals surface area contributed by atoms with E-state index in [4.69, 9.17) is 0 Å². The highest BCUT2D eigenvalue weighted by molar-refractivity contribution is 7.89. The third-order valence-electron chi connectivity index (χ3n) is 2.34. The number of sulfonamides is 1. The van der Waals surface area contributed by atoms with Crippen molar-refractivity contribution in [3.63, 3.8) is 0 Å². The van der Waals surface area contributed by atoms with Crippen LogP contribution in [0.4, 0.5) is 0 Å². The normalized spacial score (nSPS) is 14.2. The number of thiophene rings is 1. The predicted octanol–water partition coefficient (Wildman–Crippen LogP) is 1.29. The number of nitrogens with zero attached hydrogens (tertiary/aromatic N) is 1. The van der Waals surface area contributed by atoms with Crippen LogP contribution >= 0.6 is 11.3 Å². The van der Waals surface area contributed by atoms with Gasteiger partial charge in [0, 0.05) is 31.6 Å². The summed E-state index contributed by atoms with van der Waals surface area (Å²) in [6.07, 6.45) is 0. The summed E-state index contributed by atoms with van der Waals surface area (Å²) in [4.78, 5) is 1.22. The smallest absolute Gasteiger partial charge is 0.214 e. The lowest BCUT2D eigenvalue weighted by Crippen LogP contribution is -2.32. The van der Waals surface area contributed by atoms with Crippen molar-refractivity contribution in [2.45, 2.75) is 13.0 Å². The Hall–Kier alpha value is -0.430. The molecule has 1 heterocycles. The minimum absolute atomic E-state index is 0.135. The van der Waals surface area contributed by atoms with Gasteiger partial charge in [-0.15, -0.1) is 11.3 Å². The van der Waals surface area contributed by atoms with Gasteiger partial charge >= 0.3 is 0 Å². The molecule has 0 radical (unpaired) electrons. The monoisotopic (exact) mass is 262 g/mol. The van der Waals surface area contributed by atoms with Crippen LogP contribution in [0, 0.1) is 0 Å². The molecule has 16 heavy (non-hydrogen) atoms. The first kappa shape index (κ1) is 13.6. The lowest BCUT2D eigenvalue weighted by Gasteiger charge is -2.14. The van der Waals surface area contributed by atoms with E-state index in [1.807, 2.05) is 24.4 Å². The van der Waals surface area contributed by atoms with E-state index in [0.29, 0.717) is 6.54 Å². The van der Waals surface area contributed by atoms with E-state index in [1.54, 1.807) is 25.4 Å². The quantitative estimate of drug-likeness (QED) is 0.840. The maximum atomic E-state index is 11.5. The zero-order chi connectivity index (χ0) is 12.2. The Morgan fingerprint density at radius 1 is 1.50 bits per heavy atom. The first-order chi connectivity index (χ1) is 7.43. The molecule has 1 N–H and O–H groups in total. The summed E-state index contributed by atoms with van der Waals surface area (Å²) < 4.78 is 24.2. The van der Waals surface area contributed by atoms with Gasteiger partial charge in [0.1, 0.15) is 0 Å². The Balaban J connectivity index is 2.37. The molecule has 0 amide bonds. The molecular formula is C10H18N2O2S2. The lowest BCUT2D eigenvalue weighted by atomic mass is 10.3. The Kier molecular flexibility index (Phi) is 4.91. The van der Waals surface area contributed by atoms with Crippen LogP contribution in [-0.4, -0.2) is 39.1 Å². The van der Waals surface area contributed by atoms with E-state index < -0.39 is 10.0 Å². The van der Waals surface area contributed by atoms with E-state index in [0.717, 1.165) is 0 Å². The molecule has 0 aliphatic heterocycles. The van der Waals surface area contributed by atoms with E-state index >= 15 is 0 Å². The van der Waals surface area contributed by atoms with Crippen molar-refractivity contribution < 1.29 is 8.42 Å². The van der Waals surface area contributed by atoms with Gasteiger partial charge in [-0.05, 0) is 18.4 Å². The van der Waals surface area contributed by atoms with Crippen LogP contribution in [-0.2, 0) is 10.0 Å². The average Bonchev–Trinajstić information content (AvgIpc) is 2.69. The summed E-state index contributed by atoms with van der Waals surface area (Å²) in [5.41, 5.74) is 0. The third-order valence-corrected chi connectivity index (χ3v) is 5.22. The van der Waals surface area contributed by atoms with E-state index in [9.17, 15) is 8.42 Å². The van der Waals surface area contributed by atoms with Crippen LogP contribution in [0.25, 0.3) is 0 Å². The molecule has 92 valence electrons. The van der Waals surface area contributed by atoms with Crippen LogP contribution in [0.1, 0.15) is 17.8 Å². The van der Waals surface area contributed by atoms with Crippen LogP contribution in [0.5, 0.6) is 0 Å². The maximum Gasteiger partial charge on any atom is 0.214 e. The van der Waals surface area contributed by atoms with Gasteiger partial charge in [0.2, 0.25) is 10.0 Å². The number of rotatable bonds is 6. The van der Waals surface area contributed by atoms with Crippen molar-refractivity contribution >= 4 is 21.4 Å².